The summed E-state index contributed by atoms with van der Waals surface area (Å²) in [7, 11) is 1.97. The smallest absolute Gasteiger partial charge is 0.306 e. The molecule has 0 aliphatic heterocycles. The fourth-order valence-corrected chi connectivity index (χ4v) is 2.10. The van der Waals surface area contributed by atoms with Crippen LogP contribution in [0.25, 0.3) is 0 Å². The van der Waals surface area contributed by atoms with E-state index in [1.54, 1.807) is 0 Å². The van der Waals surface area contributed by atoms with Crippen molar-refractivity contribution >= 4 is 5.97 Å². The molecule has 0 amide bonds. The van der Waals surface area contributed by atoms with E-state index >= 15 is 0 Å². The van der Waals surface area contributed by atoms with E-state index in [0.717, 1.165) is 25.7 Å². The zero-order chi connectivity index (χ0) is 9.84. The molecule has 2 N–H and O–H groups in total. The highest BCUT2D eigenvalue weighted by atomic mass is 16.4. The normalized spacial score (nSPS) is 31.2. The molecule has 1 rings (SSSR count). The van der Waals surface area contributed by atoms with E-state index in [1.807, 2.05) is 7.05 Å². The minimum Gasteiger partial charge on any atom is -0.481 e. The lowest BCUT2D eigenvalue weighted by atomic mass is 9.79. The molecule has 0 spiro atoms. The number of hydrogen-bond donors (Lipinski definition) is 2. The lowest BCUT2D eigenvalue weighted by Crippen LogP contribution is -2.34. The zero-order valence-corrected chi connectivity index (χ0v) is 8.42. The first-order chi connectivity index (χ1) is 6.15. The maximum absolute atomic E-state index is 10.7. The molecular weight excluding hydrogens is 166 g/mol. The average molecular weight is 185 g/mol. The standard InChI is InChI=1S/C10H19NO2/c1-7(11-2)8-3-5-9(6-4-8)10(12)13/h7-9,11H,3-6H2,1-2H3,(H,12,13). The van der Waals surface area contributed by atoms with Crippen molar-refractivity contribution in [1.29, 1.82) is 0 Å². The molecule has 1 unspecified atom stereocenters. The van der Waals surface area contributed by atoms with Crippen molar-refractivity contribution in [3.8, 4) is 0 Å². The summed E-state index contributed by atoms with van der Waals surface area (Å²) in [5.41, 5.74) is 0. The fraction of sp³-hybridized carbons (Fsp3) is 0.900. The van der Waals surface area contributed by atoms with Crippen molar-refractivity contribution in [3.05, 3.63) is 0 Å². The summed E-state index contributed by atoms with van der Waals surface area (Å²) in [5, 5.41) is 12.0. The van der Waals surface area contributed by atoms with Gasteiger partial charge in [0.25, 0.3) is 0 Å². The fourth-order valence-electron chi connectivity index (χ4n) is 2.10. The Balaban J connectivity index is 2.34. The van der Waals surface area contributed by atoms with Gasteiger partial charge in [0.15, 0.2) is 0 Å². The monoisotopic (exact) mass is 185 g/mol. The third-order valence-electron chi connectivity index (χ3n) is 3.28. The molecule has 0 aromatic carbocycles. The van der Waals surface area contributed by atoms with Crippen molar-refractivity contribution < 1.29 is 9.90 Å². The predicted octanol–water partition coefficient (Wildman–Crippen LogP) is 1.49. The molecule has 0 saturated heterocycles. The molecule has 0 aromatic heterocycles. The Bertz CT molecular complexity index is 174. The van der Waals surface area contributed by atoms with E-state index < -0.39 is 5.97 Å². The number of aliphatic carboxylic acids is 1. The van der Waals surface area contributed by atoms with Crippen molar-refractivity contribution in [2.75, 3.05) is 7.05 Å². The van der Waals surface area contributed by atoms with E-state index in [-0.39, 0.29) is 5.92 Å². The summed E-state index contributed by atoms with van der Waals surface area (Å²) >= 11 is 0. The van der Waals surface area contributed by atoms with Gasteiger partial charge in [-0.3, -0.25) is 4.79 Å². The molecule has 1 atom stereocenters. The Morgan fingerprint density at radius 2 is 1.92 bits per heavy atom. The lowest BCUT2D eigenvalue weighted by Gasteiger charge is -2.30. The van der Waals surface area contributed by atoms with Crippen LogP contribution >= 0.6 is 0 Å². The third-order valence-corrected chi connectivity index (χ3v) is 3.28. The topological polar surface area (TPSA) is 49.3 Å². The highest BCUT2D eigenvalue weighted by Gasteiger charge is 2.27. The molecule has 3 nitrogen and oxygen atoms in total. The average Bonchev–Trinajstić information content (AvgIpc) is 2.17. The Kier molecular flexibility index (Phi) is 3.72. The number of carboxylic acid groups (broad SMARTS) is 1. The van der Waals surface area contributed by atoms with E-state index in [1.165, 1.54) is 0 Å². The van der Waals surface area contributed by atoms with Crippen molar-refractivity contribution in [2.24, 2.45) is 11.8 Å². The highest BCUT2D eigenvalue weighted by molar-refractivity contribution is 5.69. The maximum Gasteiger partial charge on any atom is 0.306 e. The number of carboxylic acids is 1. The van der Waals surface area contributed by atoms with Crippen LogP contribution in [-0.4, -0.2) is 24.2 Å². The summed E-state index contributed by atoms with van der Waals surface area (Å²) in [5.74, 6) is -0.0310. The van der Waals surface area contributed by atoms with Gasteiger partial charge in [-0.1, -0.05) is 0 Å². The molecule has 0 bridgehead atoms. The van der Waals surface area contributed by atoms with Crippen LogP contribution in [0.3, 0.4) is 0 Å². The Hall–Kier alpha value is -0.570. The minimum absolute atomic E-state index is 0.0830. The molecule has 0 aromatic rings. The van der Waals surface area contributed by atoms with Gasteiger partial charge >= 0.3 is 5.97 Å². The summed E-state index contributed by atoms with van der Waals surface area (Å²) in [4.78, 5) is 10.7. The molecule has 1 aliphatic rings. The summed E-state index contributed by atoms with van der Waals surface area (Å²) in [6.07, 6.45) is 3.82. The van der Waals surface area contributed by atoms with Crippen LogP contribution in [0, 0.1) is 11.8 Å². The second-order valence-corrected chi connectivity index (χ2v) is 4.03. The summed E-state index contributed by atoms with van der Waals surface area (Å²) in [6.45, 7) is 2.17. The largest absolute Gasteiger partial charge is 0.481 e. The van der Waals surface area contributed by atoms with Crippen LogP contribution in [0.1, 0.15) is 32.6 Å². The molecule has 76 valence electrons. The Morgan fingerprint density at radius 1 is 1.38 bits per heavy atom. The SMILES string of the molecule is CNC(C)C1CCC(C(=O)O)CC1. The van der Waals surface area contributed by atoms with Gasteiger partial charge in [0, 0.05) is 6.04 Å². The summed E-state index contributed by atoms with van der Waals surface area (Å²) < 4.78 is 0. The third kappa shape index (κ3) is 2.69. The van der Waals surface area contributed by atoms with Gasteiger partial charge in [-0.2, -0.15) is 0 Å². The van der Waals surface area contributed by atoms with Gasteiger partial charge in [0.2, 0.25) is 0 Å². The van der Waals surface area contributed by atoms with Crippen LogP contribution in [0.4, 0.5) is 0 Å². The second-order valence-electron chi connectivity index (χ2n) is 4.03. The number of nitrogens with one attached hydrogen (secondary N) is 1. The van der Waals surface area contributed by atoms with Gasteiger partial charge in [-0.15, -0.1) is 0 Å². The van der Waals surface area contributed by atoms with Crippen molar-refractivity contribution in [2.45, 2.75) is 38.6 Å². The van der Waals surface area contributed by atoms with Gasteiger partial charge in [-0.25, -0.2) is 0 Å². The number of rotatable bonds is 3. The van der Waals surface area contributed by atoms with E-state index in [0.29, 0.717) is 12.0 Å². The molecule has 13 heavy (non-hydrogen) atoms. The molecule has 0 radical (unpaired) electrons. The van der Waals surface area contributed by atoms with Crippen LogP contribution in [0.5, 0.6) is 0 Å². The summed E-state index contributed by atoms with van der Waals surface area (Å²) in [6, 6.07) is 0.523. The second kappa shape index (κ2) is 4.61. The molecule has 1 saturated carbocycles. The molecular formula is C10H19NO2. The Labute approximate surface area is 79.5 Å². The van der Waals surface area contributed by atoms with Gasteiger partial charge in [0.05, 0.1) is 5.92 Å². The minimum atomic E-state index is -0.615. The van der Waals surface area contributed by atoms with Gasteiger partial charge in [0.1, 0.15) is 0 Å². The lowest BCUT2D eigenvalue weighted by molar-refractivity contribution is -0.143. The molecule has 3 heteroatoms. The van der Waals surface area contributed by atoms with Gasteiger partial charge in [-0.05, 0) is 45.6 Å². The first kappa shape index (κ1) is 10.5. The highest BCUT2D eigenvalue weighted by Crippen LogP contribution is 2.30. The van der Waals surface area contributed by atoms with E-state index in [9.17, 15) is 4.79 Å². The maximum atomic E-state index is 10.7. The zero-order valence-electron chi connectivity index (χ0n) is 8.42. The number of hydrogen-bond acceptors (Lipinski definition) is 2. The van der Waals surface area contributed by atoms with Crippen LogP contribution in [0.2, 0.25) is 0 Å². The van der Waals surface area contributed by atoms with Crippen LogP contribution in [-0.2, 0) is 4.79 Å². The van der Waals surface area contributed by atoms with Crippen molar-refractivity contribution in [3.63, 3.8) is 0 Å². The first-order valence-electron chi connectivity index (χ1n) is 5.05. The van der Waals surface area contributed by atoms with Crippen molar-refractivity contribution in [1.82, 2.24) is 5.32 Å². The van der Waals surface area contributed by atoms with Crippen LogP contribution in [0.15, 0.2) is 0 Å². The first-order valence-corrected chi connectivity index (χ1v) is 5.05. The predicted molar refractivity (Wildman–Crippen MR) is 51.6 cm³/mol. The van der Waals surface area contributed by atoms with E-state index in [2.05, 4.69) is 12.2 Å². The number of carbonyl (C=O) groups is 1. The Morgan fingerprint density at radius 3 is 2.31 bits per heavy atom. The molecule has 0 heterocycles. The van der Waals surface area contributed by atoms with Crippen LogP contribution < -0.4 is 5.32 Å². The molecule has 1 aliphatic carbocycles. The van der Waals surface area contributed by atoms with E-state index in [4.69, 9.17) is 5.11 Å². The quantitative estimate of drug-likeness (QED) is 0.700. The molecule has 1 fully saturated rings. The van der Waals surface area contributed by atoms with Gasteiger partial charge < -0.3 is 10.4 Å².